The summed E-state index contributed by atoms with van der Waals surface area (Å²) in [5.74, 6) is 1.00. The van der Waals surface area contributed by atoms with Gasteiger partial charge in [-0.1, -0.05) is 26.2 Å². The van der Waals surface area contributed by atoms with Gasteiger partial charge in [-0.05, 0) is 6.42 Å². The van der Waals surface area contributed by atoms with Crippen LogP contribution in [0.2, 0.25) is 0 Å². The molecule has 2 aromatic rings. The highest BCUT2D eigenvalue weighted by atomic mass is 15.3. The Bertz CT molecular complexity index is 512. The lowest BCUT2D eigenvalue weighted by molar-refractivity contribution is 0.547. The van der Waals surface area contributed by atoms with Gasteiger partial charge in [0.1, 0.15) is 11.5 Å². The summed E-state index contributed by atoms with van der Waals surface area (Å²) < 4.78 is 1.77. The van der Waals surface area contributed by atoms with E-state index < -0.39 is 0 Å². The number of unbranched alkanes of at least 4 members (excludes halogenated alkanes) is 3. The fraction of sp³-hybridized carbons (Fsp3) is 0.500. The lowest BCUT2D eigenvalue weighted by Gasteiger charge is -2.03. The Morgan fingerprint density at radius 3 is 2.95 bits per heavy atom. The molecule has 2 rings (SSSR count). The highest BCUT2D eigenvalue weighted by Crippen LogP contribution is 2.23. The van der Waals surface area contributed by atoms with Crippen LogP contribution >= 0.6 is 0 Å². The molecule has 0 saturated carbocycles. The molecule has 0 aromatic carbocycles. The predicted molar refractivity (Wildman–Crippen MR) is 73.5 cm³/mol. The zero-order chi connectivity index (χ0) is 13.5. The molecule has 7 nitrogen and oxygen atoms in total. The fourth-order valence-electron chi connectivity index (χ4n) is 1.74. The van der Waals surface area contributed by atoms with Crippen LogP contribution in [0.5, 0.6) is 0 Å². The van der Waals surface area contributed by atoms with E-state index in [0.29, 0.717) is 17.5 Å². The number of hydrogen-bond acceptors (Lipinski definition) is 5. The van der Waals surface area contributed by atoms with Gasteiger partial charge in [-0.25, -0.2) is 9.67 Å². The highest BCUT2D eigenvalue weighted by Gasteiger charge is 2.06. The van der Waals surface area contributed by atoms with E-state index >= 15 is 0 Å². The van der Waals surface area contributed by atoms with Gasteiger partial charge in [-0.2, -0.15) is 5.10 Å². The van der Waals surface area contributed by atoms with Crippen LogP contribution < -0.4 is 5.73 Å². The normalized spacial score (nSPS) is 11.4. The van der Waals surface area contributed by atoms with E-state index in [-0.39, 0.29) is 0 Å². The predicted octanol–water partition coefficient (Wildman–Crippen LogP) is 3.18. The van der Waals surface area contributed by atoms with Crippen molar-refractivity contribution in [2.45, 2.75) is 39.2 Å². The van der Waals surface area contributed by atoms with Crippen molar-refractivity contribution >= 4 is 17.5 Å². The molecular weight excluding hydrogens is 242 g/mol. The van der Waals surface area contributed by atoms with E-state index in [9.17, 15) is 0 Å². The van der Waals surface area contributed by atoms with Crippen molar-refractivity contribution in [1.82, 2.24) is 19.7 Å². The molecule has 19 heavy (non-hydrogen) atoms. The number of anilines is 1. The van der Waals surface area contributed by atoms with E-state index in [4.69, 9.17) is 5.73 Å². The Labute approximate surface area is 112 Å². The zero-order valence-corrected chi connectivity index (χ0v) is 11.1. The van der Waals surface area contributed by atoms with Gasteiger partial charge in [0.05, 0.1) is 6.20 Å². The van der Waals surface area contributed by atoms with Crippen LogP contribution in [0.3, 0.4) is 0 Å². The largest absolute Gasteiger partial charge is 0.382 e. The third kappa shape index (κ3) is 3.64. The Morgan fingerprint density at radius 2 is 2.21 bits per heavy atom. The summed E-state index contributed by atoms with van der Waals surface area (Å²) in [4.78, 5) is 6.80. The molecule has 102 valence electrons. The minimum absolute atomic E-state index is 0.454. The van der Waals surface area contributed by atoms with Crippen molar-refractivity contribution in [2.24, 2.45) is 10.2 Å². The van der Waals surface area contributed by atoms with Gasteiger partial charge >= 0.3 is 0 Å². The molecule has 0 aliphatic heterocycles. The van der Waals surface area contributed by atoms with Crippen LogP contribution in [0.15, 0.2) is 28.8 Å². The standard InChI is InChI=1S/C12H19N7/c1-2-3-4-5-8-19-11(13)10(9-16-19)17-18-12-14-6-7-15-12/h6-7,9H,2-5,8,13H2,1H3,(H,14,15)/b18-17+. The first-order chi connectivity index (χ1) is 9.31. The molecule has 0 radical (unpaired) electrons. The molecule has 2 heterocycles. The molecule has 0 fully saturated rings. The average molecular weight is 261 g/mol. The molecule has 3 N–H and O–H groups in total. The third-order valence-corrected chi connectivity index (χ3v) is 2.82. The highest BCUT2D eigenvalue weighted by molar-refractivity contribution is 5.56. The summed E-state index contributed by atoms with van der Waals surface area (Å²) in [6.07, 6.45) is 9.67. The van der Waals surface area contributed by atoms with Crippen LogP contribution in [0.4, 0.5) is 17.5 Å². The zero-order valence-electron chi connectivity index (χ0n) is 11.1. The van der Waals surface area contributed by atoms with Gasteiger partial charge in [0, 0.05) is 18.9 Å². The number of nitrogens with one attached hydrogen (secondary N) is 1. The fourth-order valence-corrected chi connectivity index (χ4v) is 1.74. The maximum atomic E-state index is 5.97. The Kier molecular flexibility index (Phi) is 4.66. The van der Waals surface area contributed by atoms with Crippen LogP contribution in [0.1, 0.15) is 32.6 Å². The lowest BCUT2D eigenvalue weighted by Crippen LogP contribution is -2.04. The van der Waals surface area contributed by atoms with Crippen molar-refractivity contribution in [1.29, 1.82) is 0 Å². The lowest BCUT2D eigenvalue weighted by atomic mass is 10.2. The maximum absolute atomic E-state index is 5.97. The maximum Gasteiger partial charge on any atom is 0.246 e. The minimum atomic E-state index is 0.454. The molecule has 7 heteroatoms. The topological polar surface area (TPSA) is 97.2 Å². The molecular formula is C12H19N7. The molecule has 0 aliphatic rings. The molecule has 0 atom stereocenters. The second kappa shape index (κ2) is 6.67. The molecule has 0 amide bonds. The van der Waals surface area contributed by atoms with E-state index in [1.54, 1.807) is 23.3 Å². The number of imidazole rings is 1. The number of nitrogens with zero attached hydrogens (tertiary/aromatic N) is 5. The summed E-state index contributed by atoms with van der Waals surface area (Å²) in [6, 6.07) is 0. The number of nitrogens with two attached hydrogens (primary N) is 1. The summed E-state index contributed by atoms with van der Waals surface area (Å²) in [5.41, 5.74) is 6.55. The number of aromatic nitrogens is 4. The van der Waals surface area contributed by atoms with Gasteiger partial charge < -0.3 is 10.7 Å². The van der Waals surface area contributed by atoms with Crippen molar-refractivity contribution in [3.05, 3.63) is 18.6 Å². The second-order valence-corrected chi connectivity index (χ2v) is 4.31. The first kappa shape index (κ1) is 13.3. The van der Waals surface area contributed by atoms with Crippen molar-refractivity contribution in [3.8, 4) is 0 Å². The summed E-state index contributed by atoms with van der Waals surface area (Å²) in [6.45, 7) is 3.01. The Morgan fingerprint density at radius 1 is 1.32 bits per heavy atom. The first-order valence-electron chi connectivity index (χ1n) is 6.53. The number of aryl methyl sites for hydroxylation is 1. The average Bonchev–Trinajstić information content (AvgIpc) is 3.04. The van der Waals surface area contributed by atoms with Crippen molar-refractivity contribution < 1.29 is 0 Å². The number of azo groups is 1. The van der Waals surface area contributed by atoms with Crippen LogP contribution in [-0.4, -0.2) is 19.7 Å². The van der Waals surface area contributed by atoms with Crippen LogP contribution in [0, 0.1) is 0 Å². The molecule has 0 aliphatic carbocycles. The number of rotatable bonds is 7. The summed E-state index contributed by atoms with van der Waals surface area (Å²) in [5, 5.41) is 12.2. The Balaban J connectivity index is 1.94. The summed E-state index contributed by atoms with van der Waals surface area (Å²) in [7, 11) is 0. The molecule has 0 unspecified atom stereocenters. The molecule has 2 aromatic heterocycles. The van der Waals surface area contributed by atoms with E-state index in [2.05, 4.69) is 32.2 Å². The van der Waals surface area contributed by atoms with E-state index in [1.165, 1.54) is 19.3 Å². The third-order valence-electron chi connectivity index (χ3n) is 2.82. The van der Waals surface area contributed by atoms with Crippen molar-refractivity contribution in [2.75, 3.05) is 5.73 Å². The molecule has 0 spiro atoms. The monoisotopic (exact) mass is 261 g/mol. The van der Waals surface area contributed by atoms with Crippen molar-refractivity contribution in [3.63, 3.8) is 0 Å². The van der Waals surface area contributed by atoms with E-state index in [0.717, 1.165) is 13.0 Å². The number of aromatic amines is 1. The quantitative estimate of drug-likeness (QED) is 0.591. The van der Waals surface area contributed by atoms with Gasteiger partial charge in [0.25, 0.3) is 0 Å². The smallest absolute Gasteiger partial charge is 0.246 e. The van der Waals surface area contributed by atoms with Gasteiger partial charge in [0.15, 0.2) is 0 Å². The van der Waals surface area contributed by atoms with Gasteiger partial charge in [-0.3, -0.25) is 0 Å². The van der Waals surface area contributed by atoms with Crippen LogP contribution in [0.25, 0.3) is 0 Å². The Hall–Kier alpha value is -2.18. The minimum Gasteiger partial charge on any atom is -0.382 e. The van der Waals surface area contributed by atoms with Gasteiger partial charge in [-0.15, -0.1) is 10.2 Å². The van der Waals surface area contributed by atoms with Crippen LogP contribution in [-0.2, 0) is 6.54 Å². The number of nitrogen functional groups attached to an aromatic ring is 1. The van der Waals surface area contributed by atoms with Gasteiger partial charge in [0.2, 0.25) is 5.95 Å². The van der Waals surface area contributed by atoms with E-state index in [1.807, 2.05) is 0 Å². The molecule has 0 saturated heterocycles. The molecule has 0 bridgehead atoms. The number of hydrogen-bond donors (Lipinski definition) is 2. The first-order valence-corrected chi connectivity index (χ1v) is 6.53. The SMILES string of the molecule is CCCCCCn1ncc(/N=N/c2ncc[nH]2)c1N. The summed E-state index contributed by atoms with van der Waals surface area (Å²) >= 11 is 0. The number of H-pyrrole nitrogens is 1. The second-order valence-electron chi connectivity index (χ2n) is 4.31.